The third kappa shape index (κ3) is 2.12. The summed E-state index contributed by atoms with van der Waals surface area (Å²) in [5.74, 6) is -0.196. The van der Waals surface area contributed by atoms with Gasteiger partial charge in [0.05, 0.1) is 0 Å². The molecule has 1 aromatic carbocycles. The van der Waals surface area contributed by atoms with E-state index in [1.165, 1.54) is 17.3 Å². The standard InChI is InChI=1S/C15H15FN4O/c1-9-15(19-21-18-9)8-20-5-4-14-12(7-20)11-6-10(16)2-3-13(11)17-14/h2-3,6,17H,4-5,7-8H2,1H3. The van der Waals surface area contributed by atoms with Crippen LogP contribution in [0.2, 0.25) is 0 Å². The number of aromatic amines is 1. The number of H-pyrrole nitrogens is 1. The van der Waals surface area contributed by atoms with Gasteiger partial charge in [-0.2, -0.15) is 0 Å². The van der Waals surface area contributed by atoms with Gasteiger partial charge < -0.3 is 4.98 Å². The molecule has 0 saturated heterocycles. The Morgan fingerprint density at radius 2 is 2.29 bits per heavy atom. The van der Waals surface area contributed by atoms with Crippen LogP contribution in [0.4, 0.5) is 4.39 Å². The van der Waals surface area contributed by atoms with Gasteiger partial charge in [0.15, 0.2) is 0 Å². The van der Waals surface area contributed by atoms with Gasteiger partial charge >= 0.3 is 0 Å². The summed E-state index contributed by atoms with van der Waals surface area (Å²) in [5.41, 5.74) is 5.09. The number of fused-ring (bicyclic) bond motifs is 3. The number of benzene rings is 1. The number of nitrogens with one attached hydrogen (secondary N) is 1. The number of rotatable bonds is 2. The highest BCUT2D eigenvalue weighted by Crippen LogP contribution is 2.28. The van der Waals surface area contributed by atoms with Crippen LogP contribution >= 0.6 is 0 Å². The molecule has 0 saturated carbocycles. The third-order valence-electron chi connectivity index (χ3n) is 4.14. The fourth-order valence-electron chi connectivity index (χ4n) is 2.98. The molecule has 3 aromatic rings. The first kappa shape index (κ1) is 12.5. The first-order valence-corrected chi connectivity index (χ1v) is 7.00. The lowest BCUT2D eigenvalue weighted by atomic mass is 10.0. The van der Waals surface area contributed by atoms with E-state index in [0.717, 1.165) is 41.8 Å². The summed E-state index contributed by atoms with van der Waals surface area (Å²) in [7, 11) is 0. The lowest BCUT2D eigenvalue weighted by molar-refractivity contribution is 0.233. The highest BCUT2D eigenvalue weighted by atomic mass is 19.1. The molecule has 0 bridgehead atoms. The fourth-order valence-corrected chi connectivity index (χ4v) is 2.98. The molecule has 21 heavy (non-hydrogen) atoms. The van der Waals surface area contributed by atoms with Gasteiger partial charge in [-0.25, -0.2) is 9.02 Å². The van der Waals surface area contributed by atoms with Gasteiger partial charge in [-0.15, -0.1) is 0 Å². The van der Waals surface area contributed by atoms with E-state index in [-0.39, 0.29) is 5.82 Å². The Labute approximate surface area is 120 Å². The molecule has 5 nitrogen and oxygen atoms in total. The second-order valence-corrected chi connectivity index (χ2v) is 5.53. The van der Waals surface area contributed by atoms with E-state index in [1.54, 1.807) is 12.1 Å². The largest absolute Gasteiger partial charge is 0.358 e. The average molecular weight is 286 g/mol. The molecule has 1 aliphatic rings. The van der Waals surface area contributed by atoms with Gasteiger partial charge in [0.25, 0.3) is 0 Å². The van der Waals surface area contributed by atoms with Gasteiger partial charge in [0, 0.05) is 42.7 Å². The molecule has 1 aliphatic heterocycles. The zero-order chi connectivity index (χ0) is 14.4. The van der Waals surface area contributed by atoms with Crippen LogP contribution in [0.1, 0.15) is 22.6 Å². The number of halogens is 1. The molecule has 2 aromatic heterocycles. The number of aromatic nitrogens is 3. The van der Waals surface area contributed by atoms with E-state index in [1.807, 2.05) is 6.92 Å². The lowest BCUT2D eigenvalue weighted by Gasteiger charge is -2.26. The van der Waals surface area contributed by atoms with Crippen LogP contribution in [0, 0.1) is 12.7 Å². The highest BCUT2D eigenvalue weighted by Gasteiger charge is 2.22. The number of nitrogens with zero attached hydrogens (tertiary/aromatic N) is 3. The van der Waals surface area contributed by atoms with Gasteiger partial charge in [-0.1, -0.05) is 10.3 Å². The number of hydrogen-bond acceptors (Lipinski definition) is 4. The topological polar surface area (TPSA) is 58.0 Å². The van der Waals surface area contributed by atoms with Gasteiger partial charge in [-0.05, 0) is 30.7 Å². The van der Waals surface area contributed by atoms with Crippen molar-refractivity contribution in [2.24, 2.45) is 0 Å². The van der Waals surface area contributed by atoms with Crippen LogP contribution in [0.3, 0.4) is 0 Å². The summed E-state index contributed by atoms with van der Waals surface area (Å²) >= 11 is 0. The van der Waals surface area contributed by atoms with E-state index in [2.05, 4.69) is 20.2 Å². The van der Waals surface area contributed by atoms with Crippen molar-refractivity contribution in [1.82, 2.24) is 20.2 Å². The minimum atomic E-state index is -0.196. The summed E-state index contributed by atoms with van der Waals surface area (Å²) < 4.78 is 18.2. The summed E-state index contributed by atoms with van der Waals surface area (Å²) in [6.07, 6.45) is 0.927. The van der Waals surface area contributed by atoms with Gasteiger partial charge in [0.2, 0.25) is 0 Å². The van der Waals surface area contributed by atoms with Crippen LogP contribution in [0.15, 0.2) is 22.8 Å². The molecular weight excluding hydrogens is 271 g/mol. The molecule has 6 heteroatoms. The van der Waals surface area contributed by atoms with E-state index >= 15 is 0 Å². The zero-order valence-electron chi connectivity index (χ0n) is 11.7. The van der Waals surface area contributed by atoms with Crippen LogP contribution < -0.4 is 0 Å². The van der Waals surface area contributed by atoms with E-state index < -0.39 is 0 Å². The fraction of sp³-hybridized carbons (Fsp3) is 0.333. The highest BCUT2D eigenvalue weighted by molar-refractivity contribution is 5.84. The lowest BCUT2D eigenvalue weighted by Crippen LogP contribution is -2.30. The average Bonchev–Trinajstić information content (AvgIpc) is 3.03. The van der Waals surface area contributed by atoms with E-state index in [9.17, 15) is 4.39 Å². The minimum Gasteiger partial charge on any atom is -0.358 e. The number of aryl methyl sites for hydroxylation is 1. The first-order chi connectivity index (χ1) is 10.2. The van der Waals surface area contributed by atoms with Crippen molar-refractivity contribution < 1.29 is 9.02 Å². The molecule has 0 atom stereocenters. The quantitative estimate of drug-likeness (QED) is 0.786. The summed E-state index contributed by atoms with van der Waals surface area (Å²) in [5, 5.41) is 8.72. The van der Waals surface area contributed by atoms with Crippen molar-refractivity contribution in [3.05, 3.63) is 46.7 Å². The maximum Gasteiger partial charge on any atom is 0.123 e. The van der Waals surface area contributed by atoms with E-state index in [4.69, 9.17) is 4.63 Å². The minimum absolute atomic E-state index is 0.196. The Bertz CT molecular complexity index is 807. The molecule has 0 fully saturated rings. The molecule has 3 heterocycles. The van der Waals surface area contributed by atoms with Crippen LogP contribution in [0.5, 0.6) is 0 Å². The molecule has 0 unspecified atom stereocenters. The first-order valence-electron chi connectivity index (χ1n) is 7.00. The smallest absolute Gasteiger partial charge is 0.123 e. The van der Waals surface area contributed by atoms with Crippen molar-refractivity contribution >= 4 is 10.9 Å². The van der Waals surface area contributed by atoms with Crippen molar-refractivity contribution in [2.75, 3.05) is 6.54 Å². The second kappa shape index (κ2) is 4.66. The molecule has 0 amide bonds. The Morgan fingerprint density at radius 1 is 1.38 bits per heavy atom. The van der Waals surface area contributed by atoms with Gasteiger partial charge in [-0.3, -0.25) is 4.90 Å². The van der Waals surface area contributed by atoms with Crippen molar-refractivity contribution in [3.8, 4) is 0 Å². The zero-order valence-corrected chi connectivity index (χ0v) is 11.7. The maximum atomic E-state index is 13.5. The van der Waals surface area contributed by atoms with Crippen LogP contribution in [0.25, 0.3) is 10.9 Å². The third-order valence-corrected chi connectivity index (χ3v) is 4.14. The predicted octanol–water partition coefficient (Wildman–Crippen LogP) is 2.56. The second-order valence-electron chi connectivity index (χ2n) is 5.53. The molecule has 1 N–H and O–H groups in total. The molecule has 0 aliphatic carbocycles. The SMILES string of the molecule is Cc1nonc1CN1CCc2[nH]c3ccc(F)cc3c2C1. The Balaban J connectivity index is 1.66. The maximum absolute atomic E-state index is 13.5. The van der Waals surface area contributed by atoms with Crippen LogP contribution in [-0.2, 0) is 19.5 Å². The molecular formula is C15H15FN4O. The normalized spacial score (nSPS) is 15.5. The monoisotopic (exact) mass is 286 g/mol. The molecule has 0 radical (unpaired) electrons. The number of hydrogen-bond donors (Lipinski definition) is 1. The summed E-state index contributed by atoms with van der Waals surface area (Å²) in [6.45, 7) is 4.32. The summed E-state index contributed by atoms with van der Waals surface area (Å²) in [4.78, 5) is 5.68. The van der Waals surface area contributed by atoms with Crippen molar-refractivity contribution in [3.63, 3.8) is 0 Å². The van der Waals surface area contributed by atoms with Crippen LogP contribution in [-0.4, -0.2) is 26.7 Å². The molecule has 4 rings (SSSR count). The van der Waals surface area contributed by atoms with E-state index in [0.29, 0.717) is 6.54 Å². The van der Waals surface area contributed by atoms with Crippen molar-refractivity contribution in [2.45, 2.75) is 26.4 Å². The Kier molecular flexibility index (Phi) is 2.78. The molecule has 0 spiro atoms. The Hall–Kier alpha value is -2.21. The Morgan fingerprint density at radius 3 is 3.10 bits per heavy atom. The van der Waals surface area contributed by atoms with Crippen molar-refractivity contribution in [1.29, 1.82) is 0 Å². The summed E-state index contributed by atoms with van der Waals surface area (Å²) in [6, 6.07) is 4.91. The van der Waals surface area contributed by atoms with Gasteiger partial charge in [0.1, 0.15) is 17.2 Å². The molecule has 108 valence electrons. The predicted molar refractivity (Wildman–Crippen MR) is 75.1 cm³/mol.